The van der Waals surface area contributed by atoms with E-state index >= 15 is 0 Å². The van der Waals surface area contributed by atoms with Crippen molar-refractivity contribution in [2.45, 2.75) is 13.5 Å². The number of amides is 1. The number of hydrogen-bond acceptors (Lipinski definition) is 4. The number of nitrogens with zero attached hydrogens (tertiary/aromatic N) is 3. The number of pyridine rings is 1. The average Bonchev–Trinajstić information content (AvgIpc) is 2.70. The smallest absolute Gasteiger partial charge is 0.276 e. The summed E-state index contributed by atoms with van der Waals surface area (Å²) in [5.41, 5.74) is 8.17. The summed E-state index contributed by atoms with van der Waals surface area (Å²) in [5.74, 6) is -0.200. The normalized spacial score (nSPS) is 10.3. The number of anilines is 1. The number of hydrogen-bond donors (Lipinski definition) is 2. The van der Waals surface area contributed by atoms with E-state index in [0.717, 1.165) is 5.56 Å². The quantitative estimate of drug-likeness (QED) is 0.843. The Hall–Kier alpha value is -2.37. The van der Waals surface area contributed by atoms with Gasteiger partial charge in [-0.3, -0.25) is 14.9 Å². The summed E-state index contributed by atoms with van der Waals surface area (Å²) in [6, 6.07) is 3.73. The van der Waals surface area contributed by atoms with Crippen LogP contribution in [0.1, 0.15) is 21.7 Å². The van der Waals surface area contributed by atoms with Gasteiger partial charge in [-0.15, -0.1) is 0 Å². The Morgan fingerprint density at radius 1 is 1.44 bits per heavy atom. The third kappa shape index (κ3) is 2.32. The van der Waals surface area contributed by atoms with Crippen LogP contribution < -0.4 is 5.73 Å². The van der Waals surface area contributed by atoms with Gasteiger partial charge in [-0.05, 0) is 24.6 Å². The van der Waals surface area contributed by atoms with Crippen molar-refractivity contribution in [3.05, 3.63) is 41.5 Å². The molecular formula is C12H15N5O. The number of nitrogens with two attached hydrogens (primary N) is 1. The van der Waals surface area contributed by atoms with Gasteiger partial charge in [0, 0.05) is 26.0 Å². The van der Waals surface area contributed by atoms with Crippen LogP contribution in [0.2, 0.25) is 0 Å². The molecule has 18 heavy (non-hydrogen) atoms. The molecule has 1 amide bonds. The molecule has 0 fully saturated rings. The average molecular weight is 245 g/mol. The number of rotatable bonds is 3. The van der Waals surface area contributed by atoms with Crippen LogP contribution in [-0.2, 0) is 6.54 Å². The van der Waals surface area contributed by atoms with Gasteiger partial charge in [-0.2, -0.15) is 5.10 Å². The van der Waals surface area contributed by atoms with Crippen molar-refractivity contribution in [2.75, 3.05) is 12.8 Å². The van der Waals surface area contributed by atoms with Crippen LogP contribution >= 0.6 is 0 Å². The van der Waals surface area contributed by atoms with Crippen LogP contribution in [0.4, 0.5) is 5.69 Å². The molecule has 0 aliphatic carbocycles. The van der Waals surface area contributed by atoms with E-state index in [1.54, 1.807) is 31.3 Å². The van der Waals surface area contributed by atoms with Crippen LogP contribution in [-0.4, -0.2) is 33.0 Å². The number of aryl methyl sites for hydroxylation is 1. The molecule has 0 aliphatic rings. The number of carbonyl (C=O) groups excluding carboxylic acids is 1. The molecule has 0 unspecified atom stereocenters. The third-order valence-electron chi connectivity index (χ3n) is 2.71. The molecule has 0 aromatic carbocycles. The van der Waals surface area contributed by atoms with Gasteiger partial charge in [0.1, 0.15) is 0 Å². The van der Waals surface area contributed by atoms with Gasteiger partial charge in [-0.25, -0.2) is 0 Å². The first-order chi connectivity index (χ1) is 8.59. The molecule has 94 valence electrons. The molecule has 6 nitrogen and oxygen atoms in total. The lowest BCUT2D eigenvalue weighted by atomic mass is 10.2. The predicted molar refractivity (Wildman–Crippen MR) is 67.8 cm³/mol. The van der Waals surface area contributed by atoms with E-state index in [1.807, 2.05) is 12.1 Å². The maximum absolute atomic E-state index is 12.1. The minimum atomic E-state index is -0.200. The first-order valence-corrected chi connectivity index (χ1v) is 5.54. The standard InChI is InChI=1S/C12H15N5O/c1-8-10(13)11(16-15-8)12(18)17(2)7-9-3-5-14-6-4-9/h3-6H,7,13H2,1-2H3,(H,15,16). The maximum Gasteiger partial charge on any atom is 0.276 e. The van der Waals surface area contributed by atoms with Crippen LogP contribution in [0, 0.1) is 6.92 Å². The number of H-pyrrole nitrogens is 1. The van der Waals surface area contributed by atoms with Gasteiger partial charge in [0.15, 0.2) is 5.69 Å². The molecule has 0 spiro atoms. The molecule has 2 aromatic heterocycles. The van der Waals surface area contributed by atoms with Crippen molar-refractivity contribution in [2.24, 2.45) is 0 Å². The zero-order valence-corrected chi connectivity index (χ0v) is 10.3. The Bertz CT molecular complexity index is 549. The minimum Gasteiger partial charge on any atom is -0.395 e. The van der Waals surface area contributed by atoms with E-state index in [9.17, 15) is 4.79 Å². The van der Waals surface area contributed by atoms with Gasteiger partial charge >= 0.3 is 0 Å². The zero-order chi connectivity index (χ0) is 13.1. The Balaban J connectivity index is 2.12. The summed E-state index contributed by atoms with van der Waals surface area (Å²) in [7, 11) is 1.71. The summed E-state index contributed by atoms with van der Waals surface area (Å²) >= 11 is 0. The van der Waals surface area contributed by atoms with Crippen LogP contribution in [0.5, 0.6) is 0 Å². The second-order valence-corrected chi connectivity index (χ2v) is 4.13. The Kier molecular flexibility index (Phi) is 3.27. The van der Waals surface area contributed by atoms with E-state index < -0.39 is 0 Å². The third-order valence-corrected chi connectivity index (χ3v) is 2.71. The van der Waals surface area contributed by atoms with Crippen molar-refractivity contribution < 1.29 is 4.79 Å². The second-order valence-electron chi connectivity index (χ2n) is 4.13. The predicted octanol–water partition coefficient (Wildman–Crippen LogP) is 0.968. The first kappa shape index (κ1) is 12.1. The molecule has 0 radical (unpaired) electrons. The highest BCUT2D eigenvalue weighted by Crippen LogP contribution is 2.15. The molecule has 2 heterocycles. The Morgan fingerprint density at radius 3 is 2.67 bits per heavy atom. The molecule has 0 bridgehead atoms. The fourth-order valence-corrected chi connectivity index (χ4v) is 1.62. The van der Waals surface area contributed by atoms with Crippen molar-refractivity contribution >= 4 is 11.6 Å². The van der Waals surface area contributed by atoms with Gasteiger partial charge in [0.25, 0.3) is 5.91 Å². The first-order valence-electron chi connectivity index (χ1n) is 5.54. The van der Waals surface area contributed by atoms with Gasteiger partial charge in [0.2, 0.25) is 0 Å². The van der Waals surface area contributed by atoms with Crippen LogP contribution in [0.25, 0.3) is 0 Å². The lowest BCUT2D eigenvalue weighted by Gasteiger charge is -2.16. The van der Waals surface area contributed by atoms with Crippen molar-refractivity contribution in [1.82, 2.24) is 20.1 Å². The highest BCUT2D eigenvalue weighted by molar-refractivity contribution is 5.97. The summed E-state index contributed by atoms with van der Waals surface area (Å²) in [6.45, 7) is 2.27. The van der Waals surface area contributed by atoms with E-state index in [4.69, 9.17) is 5.73 Å². The van der Waals surface area contributed by atoms with Gasteiger partial charge in [0.05, 0.1) is 11.4 Å². The number of nitrogen functional groups attached to an aromatic ring is 1. The molecule has 2 aromatic rings. The topological polar surface area (TPSA) is 87.9 Å². The van der Waals surface area contributed by atoms with Crippen molar-refractivity contribution in [1.29, 1.82) is 0 Å². The van der Waals surface area contributed by atoms with Crippen LogP contribution in [0.15, 0.2) is 24.5 Å². The van der Waals surface area contributed by atoms with Crippen molar-refractivity contribution in [3.8, 4) is 0 Å². The summed E-state index contributed by atoms with van der Waals surface area (Å²) in [4.78, 5) is 17.6. The number of aromatic nitrogens is 3. The highest BCUT2D eigenvalue weighted by atomic mass is 16.2. The zero-order valence-electron chi connectivity index (χ0n) is 10.3. The summed E-state index contributed by atoms with van der Waals surface area (Å²) < 4.78 is 0. The van der Waals surface area contributed by atoms with E-state index in [-0.39, 0.29) is 11.6 Å². The number of aromatic amines is 1. The largest absolute Gasteiger partial charge is 0.395 e. The number of nitrogens with one attached hydrogen (secondary N) is 1. The fourth-order valence-electron chi connectivity index (χ4n) is 1.62. The molecule has 0 aliphatic heterocycles. The molecule has 6 heteroatoms. The molecular weight excluding hydrogens is 230 g/mol. The molecule has 2 rings (SSSR count). The molecule has 0 saturated heterocycles. The van der Waals surface area contributed by atoms with Gasteiger partial charge in [-0.1, -0.05) is 0 Å². The summed E-state index contributed by atoms with van der Waals surface area (Å²) in [6.07, 6.45) is 3.39. The second kappa shape index (κ2) is 4.87. The fraction of sp³-hybridized carbons (Fsp3) is 0.250. The van der Waals surface area contributed by atoms with Crippen molar-refractivity contribution in [3.63, 3.8) is 0 Å². The summed E-state index contributed by atoms with van der Waals surface area (Å²) in [5, 5.41) is 6.63. The number of carbonyl (C=O) groups is 1. The van der Waals surface area contributed by atoms with E-state index in [0.29, 0.717) is 17.9 Å². The van der Waals surface area contributed by atoms with E-state index in [2.05, 4.69) is 15.2 Å². The van der Waals surface area contributed by atoms with E-state index in [1.165, 1.54) is 0 Å². The lowest BCUT2D eigenvalue weighted by molar-refractivity contribution is 0.0780. The lowest BCUT2D eigenvalue weighted by Crippen LogP contribution is -2.27. The molecule has 0 atom stereocenters. The maximum atomic E-state index is 12.1. The highest BCUT2D eigenvalue weighted by Gasteiger charge is 2.19. The SMILES string of the molecule is Cc1[nH]nc(C(=O)N(C)Cc2ccncc2)c1N. The molecule has 3 N–H and O–H groups in total. The Labute approximate surface area is 105 Å². The minimum absolute atomic E-state index is 0.200. The monoisotopic (exact) mass is 245 g/mol. The van der Waals surface area contributed by atoms with Gasteiger partial charge < -0.3 is 10.6 Å². The Morgan fingerprint density at radius 2 is 2.11 bits per heavy atom. The van der Waals surface area contributed by atoms with Crippen LogP contribution in [0.3, 0.4) is 0 Å². The molecule has 0 saturated carbocycles.